The van der Waals surface area contributed by atoms with Gasteiger partial charge in [-0.15, -0.1) is 12.4 Å². The zero-order valence-electron chi connectivity index (χ0n) is 13.0. The van der Waals surface area contributed by atoms with Crippen LogP contribution in [0.15, 0.2) is 30.3 Å². The van der Waals surface area contributed by atoms with E-state index in [2.05, 4.69) is 20.8 Å². The third-order valence-corrected chi connectivity index (χ3v) is 3.65. The summed E-state index contributed by atoms with van der Waals surface area (Å²) in [7, 11) is 0. The number of carbonyl (C=O) groups is 1. The minimum Gasteiger partial charge on any atom is -0.489 e. The number of nitrogens with zero attached hydrogens (tertiary/aromatic N) is 1. The van der Waals surface area contributed by atoms with Crippen LogP contribution in [-0.2, 0) is 13.0 Å². The first kappa shape index (κ1) is 17.3. The number of hydrogen-bond donors (Lipinski definition) is 3. The van der Waals surface area contributed by atoms with Gasteiger partial charge in [0.15, 0.2) is 5.69 Å². The number of amides is 1. The molecule has 0 aliphatic carbocycles. The molecule has 1 aromatic heterocycles. The Morgan fingerprint density at radius 1 is 1.39 bits per heavy atom. The molecule has 7 heteroatoms. The third-order valence-electron chi connectivity index (χ3n) is 3.65. The summed E-state index contributed by atoms with van der Waals surface area (Å²) >= 11 is 0. The van der Waals surface area contributed by atoms with Gasteiger partial charge >= 0.3 is 0 Å². The summed E-state index contributed by atoms with van der Waals surface area (Å²) in [4.78, 5) is 12.3. The predicted octanol–water partition coefficient (Wildman–Crippen LogP) is 1.67. The van der Waals surface area contributed by atoms with E-state index in [-0.39, 0.29) is 24.4 Å². The Kier molecular flexibility index (Phi) is 6.01. The molecule has 1 atom stereocenters. The Morgan fingerprint density at radius 2 is 2.17 bits per heavy atom. The number of hydrogen-bond acceptors (Lipinski definition) is 4. The van der Waals surface area contributed by atoms with Gasteiger partial charge in [0.1, 0.15) is 11.9 Å². The molecule has 0 radical (unpaired) electrons. The predicted molar refractivity (Wildman–Crippen MR) is 90.1 cm³/mol. The van der Waals surface area contributed by atoms with Crippen LogP contribution < -0.4 is 15.4 Å². The Labute approximate surface area is 141 Å². The molecule has 3 N–H and O–H groups in total. The van der Waals surface area contributed by atoms with Crippen molar-refractivity contribution in [2.45, 2.75) is 26.0 Å². The fraction of sp³-hybridized carbons (Fsp3) is 0.375. The van der Waals surface area contributed by atoms with Gasteiger partial charge in [0, 0.05) is 30.8 Å². The maximum atomic E-state index is 12.3. The molecule has 23 heavy (non-hydrogen) atoms. The van der Waals surface area contributed by atoms with Crippen molar-refractivity contribution >= 4 is 18.3 Å². The Hall–Kier alpha value is -2.05. The van der Waals surface area contributed by atoms with Crippen LogP contribution in [-0.4, -0.2) is 35.3 Å². The highest BCUT2D eigenvalue weighted by atomic mass is 35.5. The molecule has 1 aliphatic rings. The number of nitrogens with one attached hydrogen (secondary N) is 3. The second-order valence-electron chi connectivity index (χ2n) is 5.41. The number of carbonyl (C=O) groups excluding carboxylic acids is 1. The van der Waals surface area contributed by atoms with Gasteiger partial charge in [0.25, 0.3) is 5.91 Å². The molecule has 0 saturated heterocycles. The van der Waals surface area contributed by atoms with E-state index in [0.717, 1.165) is 30.0 Å². The average Bonchev–Trinajstić information content (AvgIpc) is 2.98. The lowest BCUT2D eigenvalue weighted by Crippen LogP contribution is -2.35. The van der Waals surface area contributed by atoms with E-state index in [1.165, 1.54) is 0 Å². The van der Waals surface area contributed by atoms with Gasteiger partial charge in [-0.25, -0.2) is 0 Å². The Bertz CT molecular complexity index is 645. The average molecular weight is 337 g/mol. The highest BCUT2D eigenvalue weighted by Gasteiger charge is 2.21. The molecule has 1 aromatic carbocycles. The SMILES string of the molecule is CC(CNC(=O)c1n[nH]c2c1CNCC2)Oc1ccccc1.Cl. The summed E-state index contributed by atoms with van der Waals surface area (Å²) in [6.45, 7) is 3.96. The van der Waals surface area contributed by atoms with Crippen molar-refractivity contribution in [3.05, 3.63) is 47.3 Å². The number of H-pyrrole nitrogens is 1. The molecule has 1 amide bonds. The molecule has 6 nitrogen and oxygen atoms in total. The van der Waals surface area contributed by atoms with Gasteiger partial charge in [-0.1, -0.05) is 18.2 Å². The van der Waals surface area contributed by atoms with Crippen LogP contribution in [0.3, 0.4) is 0 Å². The van der Waals surface area contributed by atoms with Crippen molar-refractivity contribution in [1.82, 2.24) is 20.8 Å². The minimum atomic E-state index is -0.162. The first-order valence-electron chi connectivity index (χ1n) is 7.51. The first-order valence-corrected chi connectivity index (χ1v) is 7.51. The maximum Gasteiger partial charge on any atom is 0.272 e. The van der Waals surface area contributed by atoms with E-state index in [1.54, 1.807) is 0 Å². The lowest BCUT2D eigenvalue weighted by Gasteiger charge is -2.16. The molecule has 0 spiro atoms. The van der Waals surface area contributed by atoms with Crippen LogP contribution >= 0.6 is 12.4 Å². The smallest absolute Gasteiger partial charge is 0.272 e. The summed E-state index contributed by atoms with van der Waals surface area (Å²) in [6, 6.07) is 9.57. The standard InChI is InChI=1S/C16H20N4O2.ClH/c1-11(22-12-5-3-2-4-6-12)9-18-16(21)15-13-10-17-8-7-14(13)19-20-15;/h2-6,11,17H,7-10H2,1H3,(H,18,21)(H,19,20);1H. The first-order chi connectivity index (χ1) is 10.7. The summed E-state index contributed by atoms with van der Waals surface area (Å²) in [5.41, 5.74) is 2.51. The van der Waals surface area contributed by atoms with E-state index >= 15 is 0 Å². The van der Waals surface area contributed by atoms with Crippen molar-refractivity contribution in [2.24, 2.45) is 0 Å². The summed E-state index contributed by atoms with van der Waals surface area (Å²) < 4.78 is 5.74. The molecule has 0 fully saturated rings. The highest BCUT2D eigenvalue weighted by molar-refractivity contribution is 5.94. The van der Waals surface area contributed by atoms with Crippen LogP contribution in [0.25, 0.3) is 0 Å². The van der Waals surface area contributed by atoms with Crippen molar-refractivity contribution in [3.8, 4) is 5.75 Å². The second kappa shape index (κ2) is 7.99. The van der Waals surface area contributed by atoms with Crippen molar-refractivity contribution in [2.75, 3.05) is 13.1 Å². The van der Waals surface area contributed by atoms with E-state index in [0.29, 0.717) is 18.8 Å². The summed E-state index contributed by atoms with van der Waals surface area (Å²) in [6.07, 6.45) is 0.766. The quantitative estimate of drug-likeness (QED) is 0.776. The number of halogens is 1. The van der Waals surface area contributed by atoms with Crippen LogP contribution in [0.4, 0.5) is 0 Å². The number of ether oxygens (including phenoxy) is 1. The van der Waals surface area contributed by atoms with Crippen LogP contribution in [0.5, 0.6) is 5.75 Å². The van der Waals surface area contributed by atoms with Gasteiger partial charge in [-0.3, -0.25) is 9.89 Å². The fourth-order valence-corrected chi connectivity index (χ4v) is 2.51. The molecule has 1 aliphatic heterocycles. The molecule has 2 heterocycles. The molecule has 2 aromatic rings. The van der Waals surface area contributed by atoms with Gasteiger partial charge in [-0.05, 0) is 19.1 Å². The van der Waals surface area contributed by atoms with Crippen LogP contribution in [0.2, 0.25) is 0 Å². The number of fused-ring (bicyclic) bond motifs is 1. The maximum absolute atomic E-state index is 12.3. The summed E-state index contributed by atoms with van der Waals surface area (Å²) in [5, 5.41) is 13.2. The molecule has 0 bridgehead atoms. The van der Waals surface area contributed by atoms with Crippen molar-refractivity contribution in [1.29, 1.82) is 0 Å². The lowest BCUT2D eigenvalue weighted by atomic mass is 10.1. The molecule has 0 saturated carbocycles. The lowest BCUT2D eigenvalue weighted by molar-refractivity contribution is 0.0926. The molecular weight excluding hydrogens is 316 g/mol. The number of benzene rings is 1. The van der Waals surface area contributed by atoms with E-state index in [4.69, 9.17) is 4.74 Å². The minimum absolute atomic E-state index is 0. The van der Waals surface area contributed by atoms with E-state index < -0.39 is 0 Å². The van der Waals surface area contributed by atoms with Gasteiger partial charge in [0.2, 0.25) is 0 Å². The fourth-order valence-electron chi connectivity index (χ4n) is 2.51. The van der Waals surface area contributed by atoms with Gasteiger partial charge in [0.05, 0.1) is 6.54 Å². The van der Waals surface area contributed by atoms with Crippen molar-refractivity contribution in [3.63, 3.8) is 0 Å². The molecular formula is C16H21ClN4O2. The Morgan fingerprint density at radius 3 is 2.96 bits per heavy atom. The molecule has 1 unspecified atom stereocenters. The van der Waals surface area contributed by atoms with Gasteiger partial charge < -0.3 is 15.4 Å². The zero-order chi connectivity index (χ0) is 15.4. The third kappa shape index (κ3) is 4.24. The van der Waals surface area contributed by atoms with Gasteiger partial charge in [-0.2, -0.15) is 5.10 Å². The van der Waals surface area contributed by atoms with Crippen LogP contribution in [0.1, 0.15) is 28.7 Å². The zero-order valence-corrected chi connectivity index (χ0v) is 13.8. The second-order valence-corrected chi connectivity index (χ2v) is 5.41. The largest absolute Gasteiger partial charge is 0.489 e. The molecule has 124 valence electrons. The topological polar surface area (TPSA) is 79.0 Å². The normalized spacial score (nSPS) is 14.3. The van der Waals surface area contributed by atoms with E-state index in [9.17, 15) is 4.79 Å². The van der Waals surface area contributed by atoms with E-state index in [1.807, 2.05) is 37.3 Å². The monoisotopic (exact) mass is 336 g/mol. The number of aromatic amines is 1. The number of rotatable bonds is 5. The van der Waals surface area contributed by atoms with Crippen LogP contribution in [0, 0.1) is 0 Å². The summed E-state index contributed by atoms with van der Waals surface area (Å²) in [5.74, 6) is 0.635. The molecule has 3 rings (SSSR count). The van der Waals surface area contributed by atoms with Crippen molar-refractivity contribution < 1.29 is 9.53 Å². The number of aromatic nitrogens is 2. The number of para-hydroxylation sites is 1. The highest BCUT2D eigenvalue weighted by Crippen LogP contribution is 2.15. The Balaban J connectivity index is 0.00000192.